The van der Waals surface area contributed by atoms with Gasteiger partial charge < -0.3 is 13.8 Å². The van der Waals surface area contributed by atoms with E-state index in [1.165, 1.54) is 6.33 Å². The first-order chi connectivity index (χ1) is 24.3. The SMILES string of the molecule is CC(C)C(=O)Nc1nc2c(ncn2[C@H]2C[C@H](NC(c3ccccc3)(c3ccccc3)c3ccccc3)[C@@H](COP(N)OCCC#N)O2)c(=O)[nH]1. The number of ether oxygens (including phenoxy) is 1. The lowest BCUT2D eigenvalue weighted by Crippen LogP contribution is -2.53. The van der Waals surface area contributed by atoms with Crippen molar-refractivity contribution in [2.75, 3.05) is 18.5 Å². The van der Waals surface area contributed by atoms with E-state index in [-0.39, 0.29) is 54.6 Å². The highest BCUT2D eigenvalue weighted by Crippen LogP contribution is 2.41. The Morgan fingerprint density at radius 2 is 1.66 bits per heavy atom. The molecule has 13 nitrogen and oxygen atoms in total. The van der Waals surface area contributed by atoms with E-state index in [2.05, 4.69) is 62.0 Å². The van der Waals surface area contributed by atoms with Crippen molar-refractivity contribution in [2.24, 2.45) is 11.4 Å². The van der Waals surface area contributed by atoms with E-state index >= 15 is 0 Å². The summed E-state index contributed by atoms with van der Waals surface area (Å²) >= 11 is 0. The zero-order valence-electron chi connectivity index (χ0n) is 27.7. The number of anilines is 1. The Hall–Kier alpha value is -4.80. The van der Waals surface area contributed by atoms with Gasteiger partial charge in [0.25, 0.3) is 14.1 Å². The molecule has 1 fully saturated rings. The quantitative estimate of drug-likeness (QED) is 0.0695. The Kier molecular flexibility index (Phi) is 11.1. The van der Waals surface area contributed by atoms with Crippen molar-refractivity contribution in [1.29, 1.82) is 5.26 Å². The lowest BCUT2D eigenvalue weighted by atomic mass is 9.76. The summed E-state index contributed by atoms with van der Waals surface area (Å²) in [6, 6.07) is 32.3. The lowest BCUT2D eigenvalue weighted by Gasteiger charge is -2.40. The molecule has 4 atom stereocenters. The van der Waals surface area contributed by atoms with Gasteiger partial charge in [-0.2, -0.15) is 10.2 Å². The number of carbonyl (C=O) groups is 1. The minimum Gasteiger partial charge on any atom is -0.351 e. The minimum atomic E-state index is -1.78. The van der Waals surface area contributed by atoms with Crippen LogP contribution in [0.25, 0.3) is 11.2 Å². The van der Waals surface area contributed by atoms with Crippen LogP contribution in [-0.4, -0.2) is 50.8 Å². The number of imidazole rings is 1. The van der Waals surface area contributed by atoms with Crippen molar-refractivity contribution in [1.82, 2.24) is 24.8 Å². The number of nitrogens with two attached hydrogens (primary N) is 1. The third-order valence-corrected chi connectivity index (χ3v) is 9.41. The third-order valence-electron chi connectivity index (χ3n) is 8.57. The number of carbonyl (C=O) groups excluding carboxylic acids is 1. The van der Waals surface area contributed by atoms with Gasteiger partial charge in [0.15, 0.2) is 11.2 Å². The molecule has 5 N–H and O–H groups in total. The van der Waals surface area contributed by atoms with Gasteiger partial charge in [-0.3, -0.25) is 35.3 Å². The minimum absolute atomic E-state index is 0.0232. The highest BCUT2D eigenvalue weighted by Gasteiger charge is 2.45. The fourth-order valence-electron chi connectivity index (χ4n) is 6.12. The maximum Gasteiger partial charge on any atom is 0.280 e. The van der Waals surface area contributed by atoms with Gasteiger partial charge in [-0.25, -0.2) is 4.98 Å². The number of H-pyrrole nitrogens is 1. The number of benzene rings is 3. The van der Waals surface area contributed by atoms with E-state index in [1.807, 2.05) is 60.7 Å². The molecule has 1 amide bonds. The predicted molar refractivity (Wildman–Crippen MR) is 190 cm³/mol. The fraction of sp³-hybridized carbons (Fsp3) is 0.306. The van der Waals surface area contributed by atoms with Gasteiger partial charge in [0.05, 0.1) is 43.7 Å². The van der Waals surface area contributed by atoms with Crippen LogP contribution in [0, 0.1) is 17.2 Å². The molecule has 1 saturated heterocycles. The normalized spacial score (nSPS) is 18.3. The standard InChI is InChI=1S/C36H39N8O5P/c1-24(2)33(45)41-35-40-32-31(34(46)42-35)39-23-44(32)30-21-28(29(49-30)22-48-50(38)47-20-12-19-37)43-36(25-13-6-3-7-14-25,26-15-8-4-9-16-26)27-17-10-5-11-18-27/h3-11,13-18,23-24,28-30,43H,12,20-22,38H2,1-2H3,(H2,40,41,42,45,46)/t28-,29+,30+,50?/m0/s1. The van der Waals surface area contributed by atoms with Gasteiger partial charge in [0.1, 0.15) is 6.23 Å². The van der Waals surface area contributed by atoms with Crippen LogP contribution in [-0.2, 0) is 24.1 Å². The van der Waals surface area contributed by atoms with E-state index < -0.39 is 32.0 Å². The van der Waals surface area contributed by atoms with Crippen LogP contribution < -0.4 is 21.7 Å². The molecule has 0 radical (unpaired) electrons. The second kappa shape index (κ2) is 15.8. The number of amides is 1. The average Bonchev–Trinajstić information content (AvgIpc) is 3.75. The highest BCUT2D eigenvalue weighted by atomic mass is 31.2. The van der Waals surface area contributed by atoms with Gasteiger partial charge in [0, 0.05) is 18.4 Å². The van der Waals surface area contributed by atoms with E-state index in [1.54, 1.807) is 18.4 Å². The Morgan fingerprint density at radius 3 is 2.22 bits per heavy atom. The summed E-state index contributed by atoms with van der Waals surface area (Å²) in [4.78, 5) is 37.0. The number of fused-ring (bicyclic) bond motifs is 1. The molecule has 1 aliphatic rings. The molecular formula is C36H39N8O5P. The van der Waals surface area contributed by atoms with E-state index in [0.29, 0.717) is 6.42 Å². The molecule has 2 aromatic heterocycles. The number of aromatic nitrogens is 4. The molecule has 1 unspecified atom stereocenters. The molecule has 258 valence electrons. The van der Waals surface area contributed by atoms with Crippen LogP contribution in [0.2, 0.25) is 0 Å². The molecule has 0 bridgehead atoms. The molecule has 0 spiro atoms. The summed E-state index contributed by atoms with van der Waals surface area (Å²) in [7, 11) is -1.78. The number of nitrogens with one attached hydrogen (secondary N) is 3. The second-order valence-electron chi connectivity index (χ2n) is 12.2. The molecule has 3 aromatic carbocycles. The Bertz CT molecular complexity index is 1890. The van der Waals surface area contributed by atoms with Crippen LogP contribution in [0.5, 0.6) is 0 Å². The van der Waals surface area contributed by atoms with Gasteiger partial charge in [-0.05, 0) is 16.7 Å². The number of aromatic amines is 1. The first-order valence-electron chi connectivity index (χ1n) is 16.3. The van der Waals surface area contributed by atoms with Crippen molar-refractivity contribution in [3.63, 3.8) is 0 Å². The molecule has 14 heteroatoms. The van der Waals surface area contributed by atoms with Crippen molar-refractivity contribution in [3.05, 3.63) is 124 Å². The van der Waals surface area contributed by atoms with Crippen LogP contribution in [0.4, 0.5) is 5.95 Å². The Morgan fingerprint density at radius 1 is 1.06 bits per heavy atom. The molecule has 50 heavy (non-hydrogen) atoms. The first-order valence-corrected chi connectivity index (χ1v) is 17.6. The van der Waals surface area contributed by atoms with Crippen molar-refractivity contribution >= 4 is 31.5 Å². The maximum atomic E-state index is 13.0. The van der Waals surface area contributed by atoms with Gasteiger partial charge in [-0.15, -0.1) is 0 Å². The first kappa shape index (κ1) is 35.0. The monoisotopic (exact) mass is 694 g/mol. The van der Waals surface area contributed by atoms with Gasteiger partial charge in [0.2, 0.25) is 11.9 Å². The molecule has 3 heterocycles. The number of nitriles is 1. The molecule has 0 saturated carbocycles. The van der Waals surface area contributed by atoms with Crippen LogP contribution >= 0.6 is 8.53 Å². The maximum absolute atomic E-state index is 13.0. The van der Waals surface area contributed by atoms with Gasteiger partial charge in [-0.1, -0.05) is 105 Å². The van der Waals surface area contributed by atoms with Crippen LogP contribution in [0.3, 0.4) is 0 Å². The fourth-order valence-corrected chi connectivity index (χ4v) is 6.76. The second-order valence-corrected chi connectivity index (χ2v) is 13.3. The van der Waals surface area contributed by atoms with E-state index in [0.717, 1.165) is 16.7 Å². The molecule has 0 aliphatic carbocycles. The molecular weight excluding hydrogens is 655 g/mol. The summed E-state index contributed by atoms with van der Waals surface area (Å²) in [6.45, 7) is 3.73. The number of rotatable bonds is 14. The summed E-state index contributed by atoms with van der Waals surface area (Å²) in [6.07, 6.45) is 0.957. The van der Waals surface area contributed by atoms with Crippen molar-refractivity contribution < 1.29 is 18.6 Å². The van der Waals surface area contributed by atoms with E-state index in [4.69, 9.17) is 24.6 Å². The van der Waals surface area contributed by atoms with Gasteiger partial charge >= 0.3 is 0 Å². The smallest absolute Gasteiger partial charge is 0.280 e. The van der Waals surface area contributed by atoms with E-state index in [9.17, 15) is 9.59 Å². The predicted octanol–water partition coefficient (Wildman–Crippen LogP) is 5.08. The van der Waals surface area contributed by atoms with Crippen LogP contribution in [0.15, 0.2) is 102 Å². The topological polar surface area (TPSA) is 182 Å². The Balaban J connectivity index is 1.41. The Labute approximate surface area is 290 Å². The zero-order valence-corrected chi connectivity index (χ0v) is 28.6. The zero-order chi connectivity index (χ0) is 35.1. The summed E-state index contributed by atoms with van der Waals surface area (Å²) in [5.41, 5.74) is 8.31. The summed E-state index contributed by atoms with van der Waals surface area (Å²) < 4.78 is 19.9. The number of hydrogen-bond donors (Lipinski definition) is 4. The average molecular weight is 695 g/mol. The molecule has 6 rings (SSSR count). The lowest BCUT2D eigenvalue weighted by molar-refractivity contribution is -0.118. The molecule has 1 aliphatic heterocycles. The summed E-state index contributed by atoms with van der Waals surface area (Å²) in [5, 5.41) is 15.6. The third kappa shape index (κ3) is 7.51. The van der Waals surface area contributed by atoms with Crippen molar-refractivity contribution in [3.8, 4) is 6.07 Å². The highest BCUT2D eigenvalue weighted by molar-refractivity contribution is 7.44. The largest absolute Gasteiger partial charge is 0.351 e. The number of nitrogens with zero attached hydrogens (tertiary/aromatic N) is 4. The number of hydrogen-bond acceptors (Lipinski definition) is 10. The van der Waals surface area contributed by atoms with Crippen molar-refractivity contribution in [2.45, 2.75) is 50.6 Å². The summed E-state index contributed by atoms with van der Waals surface area (Å²) in [5.74, 6) is -0.579. The van der Waals surface area contributed by atoms with Crippen LogP contribution in [0.1, 0.15) is 49.6 Å². The molecule has 5 aromatic rings.